The second-order valence-electron chi connectivity index (χ2n) is 6.09. The Labute approximate surface area is 159 Å². The first-order chi connectivity index (χ1) is 12.9. The molecule has 8 nitrogen and oxygen atoms in total. The molecule has 2 aliphatic rings. The molecule has 2 heterocycles. The predicted molar refractivity (Wildman–Crippen MR) is 95.4 cm³/mol. The Morgan fingerprint density at radius 1 is 1.22 bits per heavy atom. The van der Waals surface area contributed by atoms with Crippen molar-refractivity contribution >= 4 is 40.9 Å². The zero-order chi connectivity index (χ0) is 19.4. The van der Waals surface area contributed by atoms with E-state index in [-0.39, 0.29) is 17.4 Å². The van der Waals surface area contributed by atoms with Gasteiger partial charge in [0.25, 0.3) is 11.1 Å². The van der Waals surface area contributed by atoms with Crippen molar-refractivity contribution in [1.29, 1.82) is 0 Å². The number of carboxylic acid groups (broad SMARTS) is 1. The van der Waals surface area contributed by atoms with Crippen LogP contribution in [0.25, 0.3) is 6.08 Å². The highest BCUT2D eigenvalue weighted by molar-refractivity contribution is 8.18. The molecule has 2 saturated heterocycles. The summed E-state index contributed by atoms with van der Waals surface area (Å²) in [6, 6.07) is 6.44. The molecule has 0 bridgehead atoms. The summed E-state index contributed by atoms with van der Waals surface area (Å²) in [7, 11) is 0. The van der Waals surface area contributed by atoms with Crippen molar-refractivity contribution in [3.63, 3.8) is 0 Å². The van der Waals surface area contributed by atoms with E-state index in [9.17, 15) is 24.3 Å². The number of likely N-dealkylation sites (tertiary alicyclic amines) is 1. The van der Waals surface area contributed by atoms with Crippen LogP contribution in [0.15, 0.2) is 29.2 Å². The van der Waals surface area contributed by atoms with Crippen LogP contribution in [-0.2, 0) is 14.4 Å². The molecule has 27 heavy (non-hydrogen) atoms. The van der Waals surface area contributed by atoms with Crippen LogP contribution in [0, 0.1) is 0 Å². The molecule has 9 heteroatoms. The largest absolute Gasteiger partial charge is 0.546 e. The van der Waals surface area contributed by atoms with Crippen LogP contribution in [0.5, 0.6) is 5.75 Å². The van der Waals surface area contributed by atoms with Gasteiger partial charge in [-0.25, -0.2) is 0 Å². The number of rotatable bonds is 6. The van der Waals surface area contributed by atoms with Crippen LogP contribution >= 0.6 is 11.8 Å². The first kappa shape index (κ1) is 19.0. The van der Waals surface area contributed by atoms with Crippen LogP contribution in [-0.4, -0.2) is 59.1 Å². The molecule has 2 aliphatic heterocycles. The van der Waals surface area contributed by atoms with Crippen LogP contribution < -0.4 is 9.84 Å². The number of hydrogen-bond donors (Lipinski definition) is 0. The molecule has 1 aromatic rings. The normalized spacial score (nSPS) is 18.4. The zero-order valence-electron chi connectivity index (χ0n) is 14.4. The summed E-state index contributed by atoms with van der Waals surface area (Å²) in [4.78, 5) is 50.1. The van der Waals surface area contributed by atoms with Crippen molar-refractivity contribution in [2.75, 3.05) is 26.2 Å². The minimum absolute atomic E-state index is 0.200. The Morgan fingerprint density at radius 2 is 1.96 bits per heavy atom. The van der Waals surface area contributed by atoms with E-state index in [1.165, 1.54) is 6.08 Å². The van der Waals surface area contributed by atoms with E-state index in [0.717, 1.165) is 29.5 Å². The van der Waals surface area contributed by atoms with Crippen molar-refractivity contribution in [2.24, 2.45) is 0 Å². The molecule has 0 saturated carbocycles. The van der Waals surface area contributed by atoms with Gasteiger partial charge in [0.05, 0.1) is 10.9 Å². The van der Waals surface area contributed by atoms with E-state index in [0.29, 0.717) is 24.4 Å². The van der Waals surface area contributed by atoms with E-state index < -0.39 is 23.7 Å². The summed E-state index contributed by atoms with van der Waals surface area (Å²) in [6.07, 6.45) is 3.38. The third-order valence-corrected chi connectivity index (χ3v) is 5.05. The van der Waals surface area contributed by atoms with Gasteiger partial charge in [-0.1, -0.05) is 12.1 Å². The number of amides is 3. The number of imide groups is 1. The van der Waals surface area contributed by atoms with Gasteiger partial charge in [0.15, 0.2) is 0 Å². The van der Waals surface area contributed by atoms with Crippen molar-refractivity contribution in [2.45, 2.75) is 12.8 Å². The maximum absolute atomic E-state index is 12.5. The van der Waals surface area contributed by atoms with E-state index in [4.69, 9.17) is 4.74 Å². The summed E-state index contributed by atoms with van der Waals surface area (Å²) in [6.45, 7) is 0.475. The quantitative estimate of drug-likeness (QED) is 0.651. The van der Waals surface area contributed by atoms with Crippen molar-refractivity contribution in [3.05, 3.63) is 34.7 Å². The molecule has 3 rings (SSSR count). The van der Waals surface area contributed by atoms with Crippen LogP contribution in [0.3, 0.4) is 0 Å². The predicted octanol–water partition coefficient (Wildman–Crippen LogP) is 0.474. The zero-order valence-corrected chi connectivity index (χ0v) is 15.2. The van der Waals surface area contributed by atoms with E-state index in [2.05, 4.69) is 0 Å². The van der Waals surface area contributed by atoms with Crippen molar-refractivity contribution in [3.8, 4) is 5.75 Å². The second kappa shape index (κ2) is 8.26. The molecule has 0 N–H and O–H groups in total. The number of carbonyl (C=O) groups excluding carboxylic acids is 4. The van der Waals surface area contributed by atoms with Crippen LogP contribution in [0.2, 0.25) is 0 Å². The van der Waals surface area contributed by atoms with Gasteiger partial charge in [-0.15, -0.1) is 0 Å². The van der Waals surface area contributed by atoms with Gasteiger partial charge < -0.3 is 19.5 Å². The lowest BCUT2D eigenvalue weighted by Crippen LogP contribution is -2.40. The molecular formula is C18H17N2O6S-. The third kappa shape index (κ3) is 4.68. The number of thioether (sulfide) groups is 1. The van der Waals surface area contributed by atoms with Crippen LogP contribution in [0.4, 0.5) is 4.79 Å². The molecular weight excluding hydrogens is 372 g/mol. The average molecular weight is 389 g/mol. The minimum atomic E-state index is -1.34. The van der Waals surface area contributed by atoms with Gasteiger partial charge in [-0.3, -0.25) is 19.3 Å². The van der Waals surface area contributed by atoms with Gasteiger partial charge in [0.2, 0.25) is 5.91 Å². The SMILES string of the molecule is O=C([O-])COc1cccc(/C=C2/SC(=O)N(CC(=O)N3CCCC3)C2=O)c1. The molecule has 0 aromatic heterocycles. The number of carboxylic acids is 1. The Hall–Kier alpha value is -2.81. The van der Waals surface area contributed by atoms with Crippen LogP contribution in [0.1, 0.15) is 18.4 Å². The first-order valence-electron chi connectivity index (χ1n) is 8.40. The summed E-state index contributed by atoms with van der Waals surface area (Å²) in [5, 5.41) is 9.98. The highest BCUT2D eigenvalue weighted by atomic mass is 32.2. The van der Waals surface area contributed by atoms with Crippen molar-refractivity contribution < 1.29 is 29.0 Å². The summed E-state index contributed by atoms with van der Waals surface area (Å²) >= 11 is 0.768. The summed E-state index contributed by atoms with van der Waals surface area (Å²) in [5.74, 6) is -1.78. The van der Waals surface area contributed by atoms with Crippen molar-refractivity contribution in [1.82, 2.24) is 9.80 Å². The van der Waals surface area contributed by atoms with Gasteiger partial charge in [0.1, 0.15) is 18.9 Å². The molecule has 0 unspecified atom stereocenters. The molecule has 0 radical (unpaired) electrons. The monoisotopic (exact) mass is 389 g/mol. The number of ether oxygens (including phenoxy) is 1. The fourth-order valence-electron chi connectivity index (χ4n) is 2.83. The lowest BCUT2D eigenvalue weighted by Gasteiger charge is -2.18. The summed E-state index contributed by atoms with van der Waals surface area (Å²) in [5.41, 5.74) is 0.571. The Balaban J connectivity index is 1.69. The molecule has 0 aliphatic carbocycles. The van der Waals surface area contributed by atoms with E-state index >= 15 is 0 Å². The van der Waals surface area contributed by atoms with Gasteiger partial charge in [0, 0.05) is 13.1 Å². The maximum Gasteiger partial charge on any atom is 0.294 e. The smallest absolute Gasteiger partial charge is 0.294 e. The molecule has 1 aromatic carbocycles. The summed E-state index contributed by atoms with van der Waals surface area (Å²) < 4.78 is 5.04. The first-order valence-corrected chi connectivity index (χ1v) is 9.21. The topological polar surface area (TPSA) is 107 Å². The number of hydrogen-bond acceptors (Lipinski definition) is 7. The Kier molecular flexibility index (Phi) is 5.80. The molecule has 3 amide bonds. The number of carbonyl (C=O) groups is 4. The van der Waals surface area contributed by atoms with E-state index in [1.54, 1.807) is 29.2 Å². The number of nitrogens with zero attached hydrogens (tertiary/aromatic N) is 2. The lowest BCUT2D eigenvalue weighted by atomic mass is 10.2. The van der Waals surface area contributed by atoms with Gasteiger partial charge in [-0.2, -0.15) is 0 Å². The Bertz CT molecular complexity index is 816. The lowest BCUT2D eigenvalue weighted by molar-refractivity contribution is -0.307. The highest BCUT2D eigenvalue weighted by Crippen LogP contribution is 2.32. The van der Waals surface area contributed by atoms with Gasteiger partial charge >= 0.3 is 0 Å². The fourth-order valence-corrected chi connectivity index (χ4v) is 3.66. The Morgan fingerprint density at radius 3 is 2.67 bits per heavy atom. The second-order valence-corrected chi connectivity index (χ2v) is 7.08. The number of aliphatic carboxylic acids is 1. The third-order valence-electron chi connectivity index (χ3n) is 4.14. The standard InChI is InChI=1S/C18H18N2O6S/c21-15(19-6-1-2-7-19)10-20-17(24)14(27-18(20)25)9-12-4-3-5-13(8-12)26-11-16(22)23/h3-5,8-9H,1-2,6-7,10-11H2,(H,22,23)/p-1/b14-9+. The minimum Gasteiger partial charge on any atom is -0.546 e. The average Bonchev–Trinajstić information content (AvgIpc) is 3.25. The van der Waals surface area contributed by atoms with Gasteiger partial charge in [-0.05, 0) is 48.4 Å². The fraction of sp³-hybridized carbons (Fsp3) is 0.333. The molecule has 142 valence electrons. The maximum atomic E-state index is 12.5. The highest BCUT2D eigenvalue weighted by Gasteiger charge is 2.37. The molecule has 2 fully saturated rings. The molecule has 0 atom stereocenters. The number of benzene rings is 1. The molecule has 0 spiro atoms. The van der Waals surface area contributed by atoms with E-state index in [1.807, 2.05) is 0 Å².